The summed E-state index contributed by atoms with van der Waals surface area (Å²) in [7, 11) is 0. The van der Waals surface area contributed by atoms with Gasteiger partial charge in [0.15, 0.2) is 0 Å². The van der Waals surface area contributed by atoms with E-state index in [2.05, 4.69) is 9.97 Å². The smallest absolute Gasteiger partial charge is 0.320 e. The number of aromatic nitrogens is 2. The Morgan fingerprint density at radius 3 is 2.53 bits per heavy atom. The van der Waals surface area contributed by atoms with E-state index in [0.29, 0.717) is 13.0 Å². The van der Waals surface area contributed by atoms with Crippen LogP contribution in [-0.2, 0) is 34.3 Å². The van der Waals surface area contributed by atoms with E-state index >= 15 is 0 Å². The van der Waals surface area contributed by atoms with Crippen molar-refractivity contribution in [1.82, 2.24) is 9.97 Å². The Kier molecular flexibility index (Phi) is 8.39. The van der Waals surface area contributed by atoms with E-state index in [-0.39, 0.29) is 10.8 Å². The van der Waals surface area contributed by atoms with Crippen molar-refractivity contribution in [3.8, 4) is 0 Å². The fourth-order valence-corrected chi connectivity index (χ4v) is 1.31. The molecule has 0 bridgehead atoms. The molecule has 91 valence electrons. The summed E-state index contributed by atoms with van der Waals surface area (Å²) in [4.78, 5) is 26.8. The van der Waals surface area contributed by atoms with Crippen LogP contribution < -0.4 is 11.5 Å². The molecule has 0 aliphatic carbocycles. The predicted octanol–water partition coefficient (Wildman–Crippen LogP) is -1.23. The Morgan fingerprint density at radius 2 is 2.24 bits per heavy atom. The SMILES string of the molecule is NCC[C](=O)[Zn].N[C@@H](Cc1cnc[nH]1)C(=O)O. The molecule has 0 saturated carbocycles. The van der Waals surface area contributed by atoms with Crippen LogP contribution in [0.2, 0.25) is 0 Å². The number of nitrogens with two attached hydrogens (primary N) is 2. The van der Waals surface area contributed by atoms with Crippen molar-refractivity contribution >= 4 is 10.3 Å². The second-order valence-corrected chi connectivity index (χ2v) is 4.96. The Hall–Kier alpha value is -1.11. The molecule has 7 nitrogen and oxygen atoms in total. The quantitative estimate of drug-likeness (QED) is 0.502. The van der Waals surface area contributed by atoms with E-state index in [9.17, 15) is 9.59 Å². The van der Waals surface area contributed by atoms with Crippen LogP contribution in [0.4, 0.5) is 0 Å². The zero-order valence-electron chi connectivity index (χ0n) is 9.43. The van der Waals surface area contributed by atoms with Crippen molar-refractivity contribution in [3.63, 3.8) is 0 Å². The van der Waals surface area contributed by atoms with Gasteiger partial charge in [0.2, 0.25) is 0 Å². The number of carboxylic acid groups (broad SMARTS) is 1. The monoisotopic (exact) mass is 291 g/mol. The number of aromatic amines is 1. The molecule has 1 heterocycles. The van der Waals surface area contributed by atoms with Gasteiger partial charge in [0.1, 0.15) is 6.04 Å². The first-order chi connectivity index (χ1) is 7.97. The van der Waals surface area contributed by atoms with Crippen molar-refractivity contribution in [3.05, 3.63) is 18.2 Å². The molecule has 0 radical (unpaired) electrons. The summed E-state index contributed by atoms with van der Waals surface area (Å²) in [5.74, 6) is -1.00. The van der Waals surface area contributed by atoms with Crippen LogP contribution in [0, 0.1) is 0 Å². The zero-order valence-corrected chi connectivity index (χ0v) is 12.4. The van der Waals surface area contributed by atoms with Crippen molar-refractivity contribution in [2.75, 3.05) is 6.54 Å². The van der Waals surface area contributed by atoms with E-state index in [1.165, 1.54) is 6.33 Å². The van der Waals surface area contributed by atoms with E-state index < -0.39 is 12.0 Å². The second-order valence-electron chi connectivity index (χ2n) is 3.30. The summed E-state index contributed by atoms with van der Waals surface area (Å²) in [6.45, 7) is 0.513. The second kappa shape index (κ2) is 8.98. The fourth-order valence-electron chi connectivity index (χ4n) is 0.882. The van der Waals surface area contributed by atoms with Crippen molar-refractivity contribution < 1.29 is 33.0 Å². The number of rotatable bonds is 5. The molecule has 0 saturated heterocycles. The summed E-state index contributed by atoms with van der Waals surface area (Å²) in [5.41, 5.74) is 11.0. The van der Waals surface area contributed by atoms with E-state index in [1.807, 2.05) is 0 Å². The summed E-state index contributed by atoms with van der Waals surface area (Å²) in [6, 6.07) is -0.851. The van der Waals surface area contributed by atoms with Crippen molar-refractivity contribution in [1.29, 1.82) is 0 Å². The molecule has 0 aromatic carbocycles. The Bertz CT molecular complexity index is 342. The maximum atomic E-state index is 10.3. The third-order valence-corrected chi connectivity index (χ3v) is 2.48. The Balaban J connectivity index is 0.000000366. The average molecular weight is 293 g/mol. The number of carboxylic acids is 1. The molecular formula is C9H15N4O3Zn. The number of nitrogens with one attached hydrogen (secondary N) is 1. The number of H-pyrrole nitrogens is 1. The summed E-state index contributed by atoms with van der Waals surface area (Å²) in [5, 5.41) is 8.42. The van der Waals surface area contributed by atoms with Crippen LogP contribution in [-0.4, -0.2) is 38.0 Å². The van der Waals surface area contributed by atoms with Crippen LogP contribution in [0.5, 0.6) is 0 Å². The van der Waals surface area contributed by atoms with Gasteiger partial charge >= 0.3 is 52.1 Å². The standard InChI is InChI=1S/C6H9N3O2.C3H6NO.Zn/c7-5(6(10)11)1-4-2-8-3-9-4;4-2-1-3-5;/h2-3,5H,1,7H2,(H,8,9)(H,10,11);1-2,4H2;/t5-;;/m0../s1. The predicted molar refractivity (Wildman–Crippen MR) is 56.6 cm³/mol. The van der Waals surface area contributed by atoms with Gasteiger partial charge in [-0.05, 0) is 0 Å². The Morgan fingerprint density at radius 1 is 1.59 bits per heavy atom. The number of hydrogen-bond donors (Lipinski definition) is 4. The van der Waals surface area contributed by atoms with Crippen LogP contribution in [0.25, 0.3) is 0 Å². The number of nitrogens with zero attached hydrogens (tertiary/aromatic N) is 1. The molecule has 0 spiro atoms. The molecule has 1 aromatic rings. The number of carbonyl (C=O) groups excluding carboxylic acids is 1. The van der Waals surface area contributed by atoms with Gasteiger partial charge in [-0.2, -0.15) is 0 Å². The summed E-state index contributed by atoms with van der Waals surface area (Å²) < 4.78 is 0.289. The minimum atomic E-state index is -1.00. The first-order valence-corrected chi connectivity index (χ1v) is 6.46. The Labute approximate surface area is 109 Å². The van der Waals surface area contributed by atoms with E-state index in [4.69, 9.17) is 16.6 Å². The third-order valence-electron chi connectivity index (χ3n) is 1.74. The number of hydrogen-bond acceptors (Lipinski definition) is 5. The van der Waals surface area contributed by atoms with Crippen LogP contribution in [0.3, 0.4) is 0 Å². The molecule has 1 aromatic heterocycles. The zero-order chi connectivity index (χ0) is 13.3. The maximum absolute atomic E-state index is 10.3. The summed E-state index contributed by atoms with van der Waals surface area (Å²) >= 11 is 0.747. The third kappa shape index (κ3) is 8.68. The number of carbonyl (C=O) groups is 2. The first kappa shape index (κ1) is 15.9. The first-order valence-electron chi connectivity index (χ1n) is 4.97. The number of imidazole rings is 1. The summed E-state index contributed by atoms with van der Waals surface area (Å²) in [6.07, 6.45) is 3.90. The fraction of sp³-hybridized carbons (Fsp3) is 0.444. The van der Waals surface area contributed by atoms with Crippen LogP contribution in [0.1, 0.15) is 12.1 Å². The van der Waals surface area contributed by atoms with Gasteiger partial charge in [-0.25, -0.2) is 4.98 Å². The molecule has 1 atom stereocenters. The van der Waals surface area contributed by atoms with Gasteiger partial charge in [0.05, 0.1) is 6.33 Å². The molecule has 6 N–H and O–H groups in total. The van der Waals surface area contributed by atoms with Crippen molar-refractivity contribution in [2.45, 2.75) is 18.9 Å². The molecule has 8 heteroatoms. The number of aliphatic carboxylic acids is 1. The van der Waals surface area contributed by atoms with E-state index in [1.54, 1.807) is 6.20 Å². The van der Waals surface area contributed by atoms with Crippen LogP contribution >= 0.6 is 0 Å². The van der Waals surface area contributed by atoms with Gasteiger partial charge < -0.3 is 15.8 Å². The molecule has 0 unspecified atom stereocenters. The van der Waals surface area contributed by atoms with Gasteiger partial charge in [-0.1, -0.05) is 0 Å². The molecule has 0 aliphatic heterocycles. The van der Waals surface area contributed by atoms with Crippen LogP contribution in [0.15, 0.2) is 12.5 Å². The normalized spacial score (nSPS) is 11.3. The average Bonchev–Trinajstić information content (AvgIpc) is 2.70. The van der Waals surface area contributed by atoms with Gasteiger partial charge in [-0.15, -0.1) is 0 Å². The minimum Gasteiger partial charge on any atom is -0.480 e. The topological polar surface area (TPSA) is 135 Å². The maximum Gasteiger partial charge on any atom is 0.320 e. The van der Waals surface area contributed by atoms with E-state index in [0.717, 1.165) is 24.0 Å². The van der Waals surface area contributed by atoms with Gasteiger partial charge in [0.25, 0.3) is 0 Å². The largest absolute Gasteiger partial charge is 0.480 e. The molecule has 17 heavy (non-hydrogen) atoms. The molecule has 0 aliphatic rings. The molecule has 0 fully saturated rings. The van der Waals surface area contributed by atoms with Gasteiger partial charge in [-0.3, -0.25) is 4.79 Å². The van der Waals surface area contributed by atoms with Crippen molar-refractivity contribution in [2.24, 2.45) is 11.5 Å². The molecular weight excluding hydrogens is 278 g/mol. The minimum absolute atomic E-state index is 0.287. The molecule has 0 amide bonds. The molecule has 1 rings (SSSR count). The van der Waals surface area contributed by atoms with Gasteiger partial charge in [0, 0.05) is 18.3 Å².